The molecular weight excluding hydrogens is 222 g/mol. The standard InChI is InChI=1S/C10H17N5O2/c1-3-5-14(6-4-2)10-8(15(16)17)9(11)12-7-13-10/h7H,3-6H2,1-2H3,(H2,11,12,13). The molecule has 0 saturated heterocycles. The lowest BCUT2D eigenvalue weighted by molar-refractivity contribution is -0.383. The van der Waals surface area contributed by atoms with Gasteiger partial charge < -0.3 is 10.6 Å². The molecule has 1 aromatic rings. The number of anilines is 2. The summed E-state index contributed by atoms with van der Waals surface area (Å²) in [5.41, 5.74) is 5.33. The normalized spacial score (nSPS) is 10.2. The largest absolute Gasteiger partial charge is 0.378 e. The number of hydrogen-bond donors (Lipinski definition) is 1. The third-order valence-electron chi connectivity index (χ3n) is 2.30. The first-order valence-corrected chi connectivity index (χ1v) is 5.61. The van der Waals surface area contributed by atoms with Gasteiger partial charge in [0.1, 0.15) is 6.33 Å². The zero-order valence-electron chi connectivity index (χ0n) is 10.1. The first kappa shape index (κ1) is 13.1. The first-order valence-electron chi connectivity index (χ1n) is 5.61. The smallest absolute Gasteiger partial charge is 0.353 e. The molecule has 0 aliphatic carbocycles. The molecule has 2 N–H and O–H groups in total. The number of hydrogen-bond acceptors (Lipinski definition) is 6. The van der Waals surface area contributed by atoms with Crippen molar-refractivity contribution in [3.63, 3.8) is 0 Å². The maximum absolute atomic E-state index is 11.0. The molecule has 7 nitrogen and oxygen atoms in total. The molecule has 17 heavy (non-hydrogen) atoms. The summed E-state index contributed by atoms with van der Waals surface area (Å²) in [6.07, 6.45) is 3.04. The number of aromatic nitrogens is 2. The average Bonchev–Trinajstić information content (AvgIpc) is 2.28. The molecule has 0 atom stereocenters. The van der Waals surface area contributed by atoms with E-state index in [0.29, 0.717) is 18.9 Å². The molecule has 1 aromatic heterocycles. The Morgan fingerprint density at radius 1 is 1.35 bits per heavy atom. The van der Waals surface area contributed by atoms with E-state index in [1.54, 1.807) is 0 Å². The minimum atomic E-state index is -0.525. The van der Waals surface area contributed by atoms with Gasteiger partial charge in [0.2, 0.25) is 11.6 Å². The van der Waals surface area contributed by atoms with Gasteiger partial charge in [0.15, 0.2) is 0 Å². The van der Waals surface area contributed by atoms with Crippen LogP contribution in [0.25, 0.3) is 0 Å². The van der Waals surface area contributed by atoms with Crippen LogP contribution in [-0.2, 0) is 0 Å². The van der Waals surface area contributed by atoms with Crippen LogP contribution in [0.4, 0.5) is 17.3 Å². The summed E-state index contributed by atoms with van der Waals surface area (Å²) >= 11 is 0. The van der Waals surface area contributed by atoms with Gasteiger partial charge in [-0.3, -0.25) is 10.1 Å². The number of rotatable bonds is 6. The molecule has 0 spiro atoms. The van der Waals surface area contributed by atoms with E-state index in [2.05, 4.69) is 9.97 Å². The lowest BCUT2D eigenvalue weighted by Crippen LogP contribution is -2.27. The Morgan fingerprint density at radius 2 is 1.94 bits per heavy atom. The van der Waals surface area contributed by atoms with Gasteiger partial charge in [0.05, 0.1) is 4.92 Å². The van der Waals surface area contributed by atoms with Crippen LogP contribution < -0.4 is 10.6 Å². The molecule has 0 bridgehead atoms. The Morgan fingerprint density at radius 3 is 2.41 bits per heavy atom. The van der Waals surface area contributed by atoms with E-state index in [0.717, 1.165) is 12.8 Å². The summed E-state index contributed by atoms with van der Waals surface area (Å²) in [6, 6.07) is 0. The Hall–Kier alpha value is -1.92. The molecule has 94 valence electrons. The summed E-state index contributed by atoms with van der Waals surface area (Å²) in [6.45, 7) is 5.45. The van der Waals surface area contributed by atoms with Gasteiger partial charge in [-0.25, -0.2) is 9.97 Å². The second kappa shape index (κ2) is 5.97. The molecule has 0 aliphatic rings. The van der Waals surface area contributed by atoms with Crippen LogP contribution in [0.1, 0.15) is 26.7 Å². The Balaban J connectivity index is 3.17. The van der Waals surface area contributed by atoms with Crippen molar-refractivity contribution in [1.29, 1.82) is 0 Å². The van der Waals surface area contributed by atoms with Gasteiger partial charge in [-0.15, -0.1) is 0 Å². The van der Waals surface area contributed by atoms with Gasteiger partial charge in [-0.2, -0.15) is 0 Å². The van der Waals surface area contributed by atoms with Gasteiger partial charge in [0, 0.05) is 13.1 Å². The van der Waals surface area contributed by atoms with Crippen LogP contribution in [0.3, 0.4) is 0 Å². The molecule has 0 aromatic carbocycles. The van der Waals surface area contributed by atoms with E-state index >= 15 is 0 Å². The molecule has 0 radical (unpaired) electrons. The first-order chi connectivity index (χ1) is 8.11. The summed E-state index contributed by atoms with van der Waals surface area (Å²) in [7, 11) is 0. The van der Waals surface area contributed by atoms with Gasteiger partial charge in [-0.1, -0.05) is 13.8 Å². The SMILES string of the molecule is CCCN(CCC)c1ncnc(N)c1[N+](=O)[O-]. The number of nitro groups is 1. The van der Waals surface area contributed by atoms with Crippen molar-refractivity contribution in [2.75, 3.05) is 23.7 Å². The summed E-state index contributed by atoms with van der Waals surface area (Å²) in [5.74, 6) is 0.225. The zero-order chi connectivity index (χ0) is 12.8. The average molecular weight is 239 g/mol. The molecule has 0 aliphatic heterocycles. The summed E-state index contributed by atoms with van der Waals surface area (Å²) in [4.78, 5) is 20.0. The highest BCUT2D eigenvalue weighted by Crippen LogP contribution is 2.29. The van der Waals surface area contributed by atoms with Crippen LogP contribution in [-0.4, -0.2) is 28.0 Å². The summed E-state index contributed by atoms with van der Waals surface area (Å²) in [5, 5.41) is 11.0. The zero-order valence-corrected chi connectivity index (χ0v) is 10.1. The van der Waals surface area contributed by atoms with Crippen molar-refractivity contribution in [3.8, 4) is 0 Å². The van der Waals surface area contributed by atoms with Crippen LogP contribution in [0.15, 0.2) is 6.33 Å². The quantitative estimate of drug-likeness (QED) is 0.598. The van der Waals surface area contributed by atoms with Crippen molar-refractivity contribution < 1.29 is 4.92 Å². The molecule has 0 unspecified atom stereocenters. The summed E-state index contributed by atoms with van der Waals surface area (Å²) < 4.78 is 0. The Labute approximate surface area is 99.8 Å². The van der Waals surface area contributed by atoms with E-state index in [9.17, 15) is 10.1 Å². The van der Waals surface area contributed by atoms with Gasteiger partial charge >= 0.3 is 5.69 Å². The minimum Gasteiger partial charge on any atom is -0.378 e. The lowest BCUT2D eigenvalue weighted by Gasteiger charge is -2.21. The lowest BCUT2D eigenvalue weighted by atomic mass is 10.3. The molecule has 1 rings (SSSR count). The van der Waals surface area contributed by atoms with Crippen LogP contribution >= 0.6 is 0 Å². The minimum absolute atomic E-state index is 0.0859. The molecule has 0 amide bonds. The van der Waals surface area contributed by atoms with Crippen LogP contribution in [0, 0.1) is 10.1 Å². The maximum atomic E-state index is 11.0. The van der Waals surface area contributed by atoms with Crippen molar-refractivity contribution in [3.05, 3.63) is 16.4 Å². The highest BCUT2D eigenvalue weighted by molar-refractivity contribution is 5.68. The van der Waals surface area contributed by atoms with Crippen molar-refractivity contribution in [2.45, 2.75) is 26.7 Å². The van der Waals surface area contributed by atoms with Crippen LogP contribution in [0.5, 0.6) is 0 Å². The predicted molar refractivity (Wildman–Crippen MR) is 65.9 cm³/mol. The fourth-order valence-electron chi connectivity index (χ4n) is 1.65. The molecular formula is C10H17N5O2. The number of nitrogen functional groups attached to an aromatic ring is 1. The predicted octanol–water partition coefficient (Wildman–Crippen LogP) is 1.59. The van der Waals surface area contributed by atoms with Gasteiger partial charge in [0.25, 0.3) is 0 Å². The monoisotopic (exact) mass is 239 g/mol. The van der Waals surface area contributed by atoms with Crippen molar-refractivity contribution in [2.24, 2.45) is 0 Å². The van der Waals surface area contributed by atoms with E-state index in [1.165, 1.54) is 6.33 Å². The highest BCUT2D eigenvalue weighted by Gasteiger charge is 2.24. The second-order valence-electron chi connectivity index (χ2n) is 3.68. The van der Waals surface area contributed by atoms with E-state index in [1.807, 2.05) is 18.7 Å². The Bertz CT molecular complexity index is 390. The fraction of sp³-hybridized carbons (Fsp3) is 0.600. The fourth-order valence-corrected chi connectivity index (χ4v) is 1.65. The van der Waals surface area contributed by atoms with Gasteiger partial charge in [-0.05, 0) is 12.8 Å². The number of nitrogens with two attached hydrogens (primary N) is 1. The maximum Gasteiger partial charge on any atom is 0.353 e. The second-order valence-corrected chi connectivity index (χ2v) is 3.68. The Kier molecular flexibility index (Phi) is 4.62. The highest BCUT2D eigenvalue weighted by atomic mass is 16.6. The topological polar surface area (TPSA) is 98.2 Å². The van der Waals surface area contributed by atoms with E-state index in [4.69, 9.17) is 5.73 Å². The molecule has 7 heteroatoms. The van der Waals surface area contributed by atoms with Crippen molar-refractivity contribution in [1.82, 2.24) is 9.97 Å². The third-order valence-corrected chi connectivity index (χ3v) is 2.30. The third kappa shape index (κ3) is 3.02. The molecule has 0 fully saturated rings. The van der Waals surface area contributed by atoms with E-state index in [-0.39, 0.29) is 11.5 Å². The van der Waals surface area contributed by atoms with E-state index < -0.39 is 4.92 Å². The van der Waals surface area contributed by atoms with Crippen molar-refractivity contribution >= 4 is 17.3 Å². The molecule has 0 saturated carbocycles. The molecule has 1 heterocycles. The number of nitrogens with zero attached hydrogens (tertiary/aromatic N) is 4. The van der Waals surface area contributed by atoms with Crippen LogP contribution in [0.2, 0.25) is 0 Å².